The first-order chi connectivity index (χ1) is 8.33. The lowest BCUT2D eigenvalue weighted by Crippen LogP contribution is -2.28. The van der Waals surface area contributed by atoms with Crippen LogP contribution in [0.4, 0.5) is 0 Å². The van der Waals surface area contributed by atoms with Gasteiger partial charge < -0.3 is 5.32 Å². The fourth-order valence-electron chi connectivity index (χ4n) is 1.62. The Hall–Kier alpha value is -0.290. The summed E-state index contributed by atoms with van der Waals surface area (Å²) in [4.78, 5) is 0. The molecule has 0 radical (unpaired) electrons. The lowest BCUT2D eigenvalue weighted by molar-refractivity contribution is 0.549. The quantitative estimate of drug-likeness (QED) is 0.878. The van der Waals surface area contributed by atoms with Gasteiger partial charge in [-0.25, -0.2) is 8.42 Å². The lowest BCUT2D eigenvalue weighted by atomic mass is 10.1. The van der Waals surface area contributed by atoms with E-state index in [1.165, 1.54) is 6.26 Å². The first-order valence-electron chi connectivity index (χ1n) is 5.69. The molecule has 1 rings (SSSR count). The van der Waals surface area contributed by atoms with Gasteiger partial charge in [0.2, 0.25) is 0 Å². The van der Waals surface area contributed by atoms with Crippen molar-refractivity contribution in [2.45, 2.75) is 19.4 Å². The summed E-state index contributed by atoms with van der Waals surface area (Å²) in [5.74, 6) is 0.0466. The number of sulfone groups is 1. The molecule has 0 aromatic heterocycles. The molecule has 0 aliphatic heterocycles. The molecule has 0 fully saturated rings. The molecule has 0 spiro atoms. The summed E-state index contributed by atoms with van der Waals surface area (Å²) in [6.07, 6.45) is 2.16. The van der Waals surface area contributed by atoms with Gasteiger partial charge >= 0.3 is 0 Å². The standard InChI is InChI=1S/C12H17Cl2NO2S/c1-3-6-15-12(8-18(2,16)17)9-4-5-10(13)11(14)7-9/h4-5,7,12,15H,3,6,8H2,1-2H3. The van der Waals surface area contributed by atoms with Crippen LogP contribution in [0.3, 0.4) is 0 Å². The molecule has 1 aromatic rings. The molecule has 18 heavy (non-hydrogen) atoms. The van der Waals surface area contributed by atoms with Crippen LogP contribution in [0.2, 0.25) is 10.0 Å². The van der Waals surface area contributed by atoms with Gasteiger partial charge in [-0.1, -0.05) is 36.2 Å². The Morgan fingerprint density at radius 2 is 1.94 bits per heavy atom. The van der Waals surface area contributed by atoms with Gasteiger partial charge in [-0.2, -0.15) is 0 Å². The summed E-state index contributed by atoms with van der Waals surface area (Å²) in [5.41, 5.74) is 0.836. The molecule has 6 heteroatoms. The number of hydrogen-bond acceptors (Lipinski definition) is 3. The summed E-state index contributed by atoms with van der Waals surface area (Å²) in [6.45, 7) is 2.78. The highest BCUT2D eigenvalue weighted by atomic mass is 35.5. The van der Waals surface area contributed by atoms with Crippen LogP contribution in [-0.2, 0) is 9.84 Å². The molecule has 0 aliphatic rings. The third kappa shape index (κ3) is 5.14. The molecule has 0 saturated heterocycles. The third-order valence-electron chi connectivity index (χ3n) is 2.46. The normalized spacial score (nSPS) is 13.6. The first kappa shape index (κ1) is 15.8. The van der Waals surface area contributed by atoms with E-state index in [9.17, 15) is 8.42 Å². The van der Waals surface area contributed by atoms with E-state index in [2.05, 4.69) is 5.32 Å². The average molecular weight is 310 g/mol. The van der Waals surface area contributed by atoms with Crippen molar-refractivity contribution in [2.75, 3.05) is 18.6 Å². The Labute approximate surface area is 118 Å². The van der Waals surface area contributed by atoms with Crippen LogP contribution in [0, 0.1) is 0 Å². The van der Waals surface area contributed by atoms with Gasteiger partial charge in [0.25, 0.3) is 0 Å². The zero-order chi connectivity index (χ0) is 13.8. The summed E-state index contributed by atoms with van der Waals surface area (Å²) >= 11 is 11.8. The van der Waals surface area contributed by atoms with Gasteiger partial charge in [0.15, 0.2) is 0 Å². The van der Waals surface area contributed by atoms with Crippen LogP contribution in [-0.4, -0.2) is 27.0 Å². The Morgan fingerprint density at radius 1 is 1.28 bits per heavy atom. The molecule has 1 aromatic carbocycles. The van der Waals surface area contributed by atoms with Crippen molar-refractivity contribution in [2.24, 2.45) is 0 Å². The van der Waals surface area contributed by atoms with Gasteiger partial charge in [-0.05, 0) is 30.7 Å². The molecule has 1 N–H and O–H groups in total. The Kier molecular flexibility index (Phi) is 5.92. The van der Waals surface area contributed by atoms with E-state index in [0.717, 1.165) is 18.5 Å². The smallest absolute Gasteiger partial charge is 0.149 e. The maximum absolute atomic E-state index is 11.4. The minimum absolute atomic E-state index is 0.0466. The summed E-state index contributed by atoms with van der Waals surface area (Å²) in [5, 5.41) is 4.11. The van der Waals surface area contributed by atoms with Crippen LogP contribution >= 0.6 is 23.2 Å². The zero-order valence-corrected chi connectivity index (χ0v) is 12.7. The predicted molar refractivity (Wildman–Crippen MR) is 77.2 cm³/mol. The van der Waals surface area contributed by atoms with Gasteiger partial charge in [0.1, 0.15) is 9.84 Å². The third-order valence-corrected chi connectivity index (χ3v) is 4.13. The van der Waals surface area contributed by atoms with Gasteiger partial charge in [-0.3, -0.25) is 0 Å². The summed E-state index contributed by atoms with van der Waals surface area (Å²) < 4.78 is 22.9. The molecule has 0 amide bonds. The number of hydrogen-bond donors (Lipinski definition) is 1. The fourth-order valence-corrected chi connectivity index (χ4v) is 2.85. The summed E-state index contributed by atoms with van der Waals surface area (Å²) in [6, 6.07) is 4.94. The van der Waals surface area contributed by atoms with Crippen LogP contribution < -0.4 is 5.32 Å². The van der Waals surface area contributed by atoms with Crippen molar-refractivity contribution in [1.29, 1.82) is 0 Å². The molecular weight excluding hydrogens is 293 g/mol. The van der Waals surface area contributed by atoms with Crippen molar-refractivity contribution in [3.63, 3.8) is 0 Å². The van der Waals surface area contributed by atoms with Crippen molar-refractivity contribution >= 4 is 33.0 Å². The van der Waals surface area contributed by atoms with Crippen LogP contribution in [0.5, 0.6) is 0 Å². The minimum atomic E-state index is -3.06. The number of benzene rings is 1. The highest BCUT2D eigenvalue weighted by Crippen LogP contribution is 2.26. The molecule has 0 bridgehead atoms. The van der Waals surface area contributed by atoms with E-state index in [-0.39, 0.29) is 11.8 Å². The largest absolute Gasteiger partial charge is 0.309 e. The number of halogens is 2. The molecular formula is C12H17Cl2NO2S. The number of rotatable bonds is 6. The second-order valence-electron chi connectivity index (χ2n) is 4.27. The average Bonchev–Trinajstić information content (AvgIpc) is 2.26. The van der Waals surface area contributed by atoms with E-state index in [1.807, 2.05) is 6.92 Å². The number of nitrogens with one attached hydrogen (secondary N) is 1. The molecule has 0 heterocycles. The Balaban J connectivity index is 2.97. The Morgan fingerprint density at radius 3 is 2.44 bits per heavy atom. The highest BCUT2D eigenvalue weighted by molar-refractivity contribution is 7.90. The van der Waals surface area contributed by atoms with Crippen LogP contribution in [0.1, 0.15) is 24.9 Å². The van der Waals surface area contributed by atoms with Gasteiger partial charge in [0, 0.05) is 12.3 Å². The fraction of sp³-hybridized carbons (Fsp3) is 0.500. The minimum Gasteiger partial charge on any atom is -0.309 e. The molecule has 1 atom stereocenters. The van der Waals surface area contributed by atoms with E-state index in [1.54, 1.807) is 18.2 Å². The second-order valence-corrected chi connectivity index (χ2v) is 7.27. The maximum atomic E-state index is 11.4. The topological polar surface area (TPSA) is 46.2 Å². The van der Waals surface area contributed by atoms with Gasteiger partial charge in [-0.15, -0.1) is 0 Å². The van der Waals surface area contributed by atoms with Crippen molar-refractivity contribution < 1.29 is 8.42 Å². The van der Waals surface area contributed by atoms with Gasteiger partial charge in [0.05, 0.1) is 15.8 Å². The van der Waals surface area contributed by atoms with Crippen molar-refractivity contribution in [3.8, 4) is 0 Å². The molecule has 102 valence electrons. The molecule has 0 aliphatic carbocycles. The van der Waals surface area contributed by atoms with E-state index < -0.39 is 9.84 Å². The second kappa shape index (κ2) is 6.75. The highest BCUT2D eigenvalue weighted by Gasteiger charge is 2.17. The van der Waals surface area contributed by atoms with Crippen molar-refractivity contribution in [1.82, 2.24) is 5.32 Å². The molecule has 1 unspecified atom stereocenters. The molecule has 0 saturated carbocycles. The van der Waals surface area contributed by atoms with E-state index >= 15 is 0 Å². The maximum Gasteiger partial charge on any atom is 0.149 e. The van der Waals surface area contributed by atoms with Crippen LogP contribution in [0.15, 0.2) is 18.2 Å². The lowest BCUT2D eigenvalue weighted by Gasteiger charge is -2.18. The summed E-state index contributed by atoms with van der Waals surface area (Å²) in [7, 11) is -3.06. The van der Waals surface area contributed by atoms with Crippen molar-refractivity contribution in [3.05, 3.63) is 33.8 Å². The monoisotopic (exact) mass is 309 g/mol. The predicted octanol–water partition coefficient (Wildman–Crippen LogP) is 3.08. The SMILES string of the molecule is CCCNC(CS(C)(=O)=O)c1ccc(Cl)c(Cl)c1. The first-order valence-corrected chi connectivity index (χ1v) is 8.51. The van der Waals surface area contributed by atoms with Crippen LogP contribution in [0.25, 0.3) is 0 Å². The van der Waals surface area contributed by atoms with E-state index in [0.29, 0.717) is 10.0 Å². The molecule has 3 nitrogen and oxygen atoms in total. The zero-order valence-electron chi connectivity index (χ0n) is 10.4. The van der Waals surface area contributed by atoms with E-state index in [4.69, 9.17) is 23.2 Å². The Bertz CT molecular complexity index is 503.